The van der Waals surface area contributed by atoms with Crippen molar-refractivity contribution in [3.63, 3.8) is 0 Å². The Morgan fingerprint density at radius 3 is 2.72 bits per heavy atom. The van der Waals surface area contributed by atoms with E-state index >= 15 is 0 Å². The minimum absolute atomic E-state index is 0.0360. The Hall–Kier alpha value is -1.89. The summed E-state index contributed by atoms with van der Waals surface area (Å²) in [6, 6.07) is 1.98. The Morgan fingerprint density at radius 1 is 1.33 bits per heavy atom. The Bertz CT molecular complexity index is 541. The fourth-order valence-electron chi connectivity index (χ4n) is 1.25. The number of ether oxygens (including phenoxy) is 1. The van der Waals surface area contributed by atoms with Crippen LogP contribution in [-0.4, -0.2) is 30.8 Å². The lowest BCUT2D eigenvalue weighted by atomic mass is 10.5. The summed E-state index contributed by atoms with van der Waals surface area (Å²) < 4.78 is 7.03. The summed E-state index contributed by atoms with van der Waals surface area (Å²) in [6.45, 7) is 3.76. The summed E-state index contributed by atoms with van der Waals surface area (Å²) in [6.07, 6.45) is 1.77. The quantitative estimate of drug-likeness (QED) is 0.911. The summed E-state index contributed by atoms with van der Waals surface area (Å²) in [5.74, 6) is 0.916. The standard InChI is InChI=1S/C10H13ClN6O/c1-6(2)18-10-14-8(11)13-9(15-10)12-7-4-5-17(3)16-7/h4-6H,1-3H3,(H,12,13,14,15,16). The van der Waals surface area contributed by atoms with Gasteiger partial charge in [0, 0.05) is 19.3 Å². The van der Waals surface area contributed by atoms with Crippen LogP contribution in [0.25, 0.3) is 0 Å². The maximum absolute atomic E-state index is 5.80. The highest BCUT2D eigenvalue weighted by Gasteiger charge is 2.08. The molecule has 7 nitrogen and oxygen atoms in total. The van der Waals surface area contributed by atoms with E-state index in [1.54, 1.807) is 16.9 Å². The van der Waals surface area contributed by atoms with Gasteiger partial charge in [0.25, 0.3) is 0 Å². The van der Waals surface area contributed by atoms with E-state index in [-0.39, 0.29) is 17.4 Å². The van der Waals surface area contributed by atoms with Crippen LogP contribution in [0.3, 0.4) is 0 Å². The molecule has 18 heavy (non-hydrogen) atoms. The van der Waals surface area contributed by atoms with Crippen LogP contribution in [0.5, 0.6) is 6.01 Å². The molecule has 0 aliphatic carbocycles. The molecule has 2 aromatic rings. The number of aryl methyl sites for hydroxylation is 1. The maximum Gasteiger partial charge on any atom is 0.322 e. The summed E-state index contributed by atoms with van der Waals surface area (Å²) >= 11 is 5.80. The van der Waals surface area contributed by atoms with Crippen molar-refractivity contribution in [1.82, 2.24) is 24.7 Å². The van der Waals surface area contributed by atoms with Crippen LogP contribution >= 0.6 is 11.6 Å². The molecular formula is C10H13ClN6O. The van der Waals surface area contributed by atoms with E-state index in [2.05, 4.69) is 25.4 Å². The molecule has 0 bridgehead atoms. The fraction of sp³-hybridized carbons (Fsp3) is 0.400. The van der Waals surface area contributed by atoms with Crippen molar-refractivity contribution in [3.05, 3.63) is 17.5 Å². The Kier molecular flexibility index (Phi) is 3.61. The molecule has 8 heteroatoms. The zero-order valence-corrected chi connectivity index (χ0v) is 11.0. The van der Waals surface area contributed by atoms with Crippen molar-refractivity contribution in [2.24, 2.45) is 7.05 Å². The molecule has 2 heterocycles. The molecule has 1 N–H and O–H groups in total. The predicted octanol–water partition coefficient (Wildman–Crippen LogP) is 1.79. The molecule has 0 spiro atoms. The normalized spacial score (nSPS) is 10.7. The molecule has 0 unspecified atom stereocenters. The van der Waals surface area contributed by atoms with Crippen molar-refractivity contribution in [3.8, 4) is 6.01 Å². The number of halogens is 1. The summed E-state index contributed by atoms with van der Waals surface area (Å²) in [4.78, 5) is 11.9. The molecule has 2 aromatic heterocycles. The van der Waals surface area contributed by atoms with E-state index in [1.807, 2.05) is 20.9 Å². The van der Waals surface area contributed by atoms with Gasteiger partial charge in [-0.2, -0.15) is 20.1 Å². The minimum atomic E-state index is -0.0360. The zero-order valence-electron chi connectivity index (χ0n) is 10.3. The Labute approximate surface area is 109 Å². The highest BCUT2D eigenvalue weighted by molar-refractivity contribution is 6.28. The predicted molar refractivity (Wildman–Crippen MR) is 67.1 cm³/mol. The number of nitrogens with one attached hydrogen (secondary N) is 1. The first-order valence-corrected chi connectivity index (χ1v) is 5.75. The van der Waals surface area contributed by atoms with E-state index in [1.165, 1.54) is 0 Å². The number of nitrogens with zero attached hydrogens (tertiary/aromatic N) is 5. The molecule has 0 saturated heterocycles. The van der Waals surface area contributed by atoms with Crippen molar-refractivity contribution < 1.29 is 4.74 Å². The molecule has 0 saturated carbocycles. The second-order valence-corrected chi connectivity index (χ2v) is 4.21. The molecule has 0 atom stereocenters. The molecular weight excluding hydrogens is 256 g/mol. The van der Waals surface area contributed by atoms with E-state index in [0.717, 1.165) is 0 Å². The van der Waals surface area contributed by atoms with Crippen LogP contribution in [0.4, 0.5) is 11.8 Å². The first-order valence-electron chi connectivity index (χ1n) is 5.38. The number of hydrogen-bond acceptors (Lipinski definition) is 6. The van der Waals surface area contributed by atoms with Gasteiger partial charge in [-0.1, -0.05) is 0 Å². The van der Waals surface area contributed by atoms with Gasteiger partial charge in [-0.05, 0) is 25.4 Å². The highest BCUT2D eigenvalue weighted by Crippen LogP contribution is 2.15. The largest absolute Gasteiger partial charge is 0.461 e. The van der Waals surface area contributed by atoms with Gasteiger partial charge in [-0.15, -0.1) is 0 Å². The second kappa shape index (κ2) is 5.18. The lowest BCUT2D eigenvalue weighted by Gasteiger charge is -2.08. The Morgan fingerprint density at radius 2 is 2.11 bits per heavy atom. The topological polar surface area (TPSA) is 77.8 Å². The van der Waals surface area contributed by atoms with Crippen LogP contribution in [0, 0.1) is 0 Å². The zero-order chi connectivity index (χ0) is 13.1. The highest BCUT2D eigenvalue weighted by atomic mass is 35.5. The fourth-order valence-corrected chi connectivity index (χ4v) is 1.40. The summed E-state index contributed by atoms with van der Waals surface area (Å²) in [5.41, 5.74) is 0. The van der Waals surface area contributed by atoms with E-state index in [0.29, 0.717) is 11.8 Å². The van der Waals surface area contributed by atoms with Gasteiger partial charge in [0.15, 0.2) is 5.82 Å². The lowest BCUT2D eigenvalue weighted by molar-refractivity contribution is 0.222. The van der Waals surface area contributed by atoms with Crippen LogP contribution in [-0.2, 0) is 7.05 Å². The van der Waals surface area contributed by atoms with Gasteiger partial charge < -0.3 is 10.1 Å². The summed E-state index contributed by atoms with van der Waals surface area (Å²) in [5, 5.41) is 7.14. The van der Waals surface area contributed by atoms with E-state index < -0.39 is 0 Å². The molecule has 0 aliphatic rings. The van der Waals surface area contributed by atoms with Crippen LogP contribution in [0.1, 0.15) is 13.8 Å². The number of hydrogen-bond donors (Lipinski definition) is 1. The third-order valence-corrected chi connectivity index (χ3v) is 2.05. The van der Waals surface area contributed by atoms with Gasteiger partial charge in [0.2, 0.25) is 11.2 Å². The minimum Gasteiger partial charge on any atom is -0.461 e. The third kappa shape index (κ3) is 3.30. The average molecular weight is 269 g/mol. The smallest absolute Gasteiger partial charge is 0.322 e. The molecule has 0 aromatic carbocycles. The molecule has 0 aliphatic heterocycles. The van der Waals surface area contributed by atoms with Gasteiger partial charge in [0.1, 0.15) is 0 Å². The third-order valence-electron chi connectivity index (χ3n) is 1.88. The number of aromatic nitrogens is 5. The van der Waals surface area contributed by atoms with Crippen molar-refractivity contribution >= 4 is 23.4 Å². The first-order chi connectivity index (χ1) is 8.52. The lowest BCUT2D eigenvalue weighted by Crippen LogP contribution is -2.10. The molecule has 0 radical (unpaired) electrons. The first kappa shape index (κ1) is 12.6. The second-order valence-electron chi connectivity index (χ2n) is 3.88. The van der Waals surface area contributed by atoms with Gasteiger partial charge >= 0.3 is 6.01 Å². The van der Waals surface area contributed by atoms with Crippen LogP contribution in [0.15, 0.2) is 12.3 Å². The number of rotatable bonds is 4. The summed E-state index contributed by atoms with van der Waals surface area (Å²) in [7, 11) is 1.82. The molecule has 2 rings (SSSR count). The van der Waals surface area contributed by atoms with E-state index in [4.69, 9.17) is 16.3 Å². The Balaban J connectivity index is 2.19. The average Bonchev–Trinajstić information content (AvgIpc) is 2.61. The van der Waals surface area contributed by atoms with Gasteiger partial charge in [0.05, 0.1) is 6.10 Å². The maximum atomic E-state index is 5.80. The number of anilines is 2. The molecule has 0 fully saturated rings. The SMILES string of the molecule is CC(C)Oc1nc(Cl)nc(Nc2ccn(C)n2)n1. The van der Waals surface area contributed by atoms with Crippen LogP contribution < -0.4 is 10.1 Å². The molecule has 96 valence electrons. The molecule has 0 amide bonds. The van der Waals surface area contributed by atoms with Crippen molar-refractivity contribution in [1.29, 1.82) is 0 Å². The van der Waals surface area contributed by atoms with Crippen molar-refractivity contribution in [2.75, 3.05) is 5.32 Å². The van der Waals surface area contributed by atoms with Crippen LogP contribution in [0.2, 0.25) is 5.28 Å². The van der Waals surface area contributed by atoms with Gasteiger partial charge in [-0.3, -0.25) is 4.68 Å². The van der Waals surface area contributed by atoms with Gasteiger partial charge in [-0.25, -0.2) is 0 Å². The monoisotopic (exact) mass is 268 g/mol. The van der Waals surface area contributed by atoms with Crippen molar-refractivity contribution in [2.45, 2.75) is 20.0 Å². The van der Waals surface area contributed by atoms with E-state index in [9.17, 15) is 0 Å².